The summed E-state index contributed by atoms with van der Waals surface area (Å²) in [5, 5.41) is 2.89. The first-order valence-electron chi connectivity index (χ1n) is 6.26. The predicted molar refractivity (Wildman–Crippen MR) is 67.6 cm³/mol. The Labute approximate surface area is 102 Å². The summed E-state index contributed by atoms with van der Waals surface area (Å²) in [5.74, 6) is 0.623. The lowest BCUT2D eigenvalue weighted by Crippen LogP contribution is -2.27. The second kappa shape index (κ2) is 5.66. The SMILES string of the molecule is Nc1cccnc1C(=O)NCCC1CCCC1. The minimum absolute atomic E-state index is 0.166. The Morgan fingerprint density at radius 3 is 2.94 bits per heavy atom. The standard InChI is InChI=1S/C13H19N3O/c14-11-6-3-8-15-12(11)13(17)16-9-7-10-4-1-2-5-10/h3,6,8,10H,1-2,4-5,7,9,14H2,(H,16,17). The highest BCUT2D eigenvalue weighted by Gasteiger charge is 2.15. The van der Waals surface area contributed by atoms with Gasteiger partial charge in [0.25, 0.3) is 5.91 Å². The highest BCUT2D eigenvalue weighted by molar-refractivity contribution is 5.96. The van der Waals surface area contributed by atoms with E-state index < -0.39 is 0 Å². The first kappa shape index (κ1) is 11.9. The van der Waals surface area contributed by atoms with Gasteiger partial charge in [0.1, 0.15) is 0 Å². The van der Waals surface area contributed by atoms with Crippen LogP contribution in [0.2, 0.25) is 0 Å². The number of nitrogens with one attached hydrogen (secondary N) is 1. The first-order chi connectivity index (χ1) is 8.27. The lowest BCUT2D eigenvalue weighted by Gasteiger charge is -2.10. The van der Waals surface area contributed by atoms with Crippen molar-refractivity contribution < 1.29 is 4.79 Å². The second-order valence-corrected chi connectivity index (χ2v) is 4.64. The van der Waals surface area contributed by atoms with Gasteiger partial charge < -0.3 is 11.1 Å². The number of carbonyl (C=O) groups excluding carboxylic acids is 1. The molecule has 4 nitrogen and oxygen atoms in total. The summed E-state index contributed by atoms with van der Waals surface area (Å²) in [5.41, 5.74) is 6.46. The number of anilines is 1. The predicted octanol–water partition coefficient (Wildman–Crippen LogP) is 1.97. The Bertz CT molecular complexity index is 386. The van der Waals surface area contributed by atoms with Crippen LogP contribution in [0.15, 0.2) is 18.3 Å². The highest BCUT2D eigenvalue weighted by Crippen LogP contribution is 2.26. The van der Waals surface area contributed by atoms with E-state index in [1.807, 2.05) is 0 Å². The van der Waals surface area contributed by atoms with E-state index in [1.165, 1.54) is 25.7 Å². The monoisotopic (exact) mass is 233 g/mol. The van der Waals surface area contributed by atoms with E-state index >= 15 is 0 Å². The number of hydrogen-bond donors (Lipinski definition) is 2. The van der Waals surface area contributed by atoms with Crippen molar-refractivity contribution in [3.8, 4) is 0 Å². The minimum atomic E-state index is -0.166. The molecule has 1 aliphatic carbocycles. The van der Waals surface area contributed by atoms with Gasteiger partial charge in [-0.15, -0.1) is 0 Å². The van der Waals surface area contributed by atoms with Crippen LogP contribution in [-0.2, 0) is 0 Å². The summed E-state index contributed by atoms with van der Waals surface area (Å²) < 4.78 is 0. The van der Waals surface area contributed by atoms with E-state index in [0.29, 0.717) is 11.4 Å². The molecular formula is C13H19N3O. The Kier molecular flexibility index (Phi) is 3.96. The molecule has 0 unspecified atom stereocenters. The normalized spacial score (nSPS) is 16.0. The lowest BCUT2D eigenvalue weighted by atomic mass is 10.0. The molecule has 1 saturated carbocycles. The fraction of sp³-hybridized carbons (Fsp3) is 0.538. The number of pyridine rings is 1. The number of rotatable bonds is 4. The molecule has 0 spiro atoms. The zero-order chi connectivity index (χ0) is 12.1. The summed E-state index contributed by atoms with van der Waals surface area (Å²) in [7, 11) is 0. The molecule has 1 heterocycles. The third-order valence-electron chi connectivity index (χ3n) is 3.37. The third kappa shape index (κ3) is 3.19. The van der Waals surface area contributed by atoms with Gasteiger partial charge in [-0.3, -0.25) is 4.79 Å². The zero-order valence-electron chi connectivity index (χ0n) is 9.98. The Hall–Kier alpha value is -1.58. The average Bonchev–Trinajstić information content (AvgIpc) is 2.82. The first-order valence-corrected chi connectivity index (χ1v) is 6.26. The Balaban J connectivity index is 1.79. The summed E-state index contributed by atoms with van der Waals surface area (Å²) in [6, 6.07) is 3.42. The van der Waals surface area contributed by atoms with Gasteiger partial charge in [0, 0.05) is 12.7 Å². The number of aromatic nitrogens is 1. The van der Waals surface area contributed by atoms with Crippen molar-refractivity contribution in [2.45, 2.75) is 32.1 Å². The molecule has 0 saturated heterocycles. The summed E-state index contributed by atoms with van der Waals surface area (Å²) in [6.45, 7) is 0.722. The van der Waals surface area contributed by atoms with Gasteiger partial charge in [-0.1, -0.05) is 25.7 Å². The lowest BCUT2D eigenvalue weighted by molar-refractivity contribution is 0.0947. The number of hydrogen-bond acceptors (Lipinski definition) is 3. The summed E-state index contributed by atoms with van der Waals surface area (Å²) in [6.07, 6.45) is 7.95. The fourth-order valence-corrected chi connectivity index (χ4v) is 2.38. The molecule has 3 N–H and O–H groups in total. The van der Waals surface area contributed by atoms with Gasteiger partial charge in [-0.2, -0.15) is 0 Å². The number of nitrogens with two attached hydrogens (primary N) is 1. The van der Waals surface area contributed by atoms with E-state index in [2.05, 4.69) is 10.3 Å². The molecule has 1 aromatic rings. The van der Waals surface area contributed by atoms with Crippen LogP contribution in [0, 0.1) is 5.92 Å². The van der Waals surface area contributed by atoms with Crippen molar-refractivity contribution in [2.24, 2.45) is 5.92 Å². The van der Waals surface area contributed by atoms with E-state index in [0.717, 1.165) is 18.9 Å². The van der Waals surface area contributed by atoms with Crippen molar-refractivity contribution in [3.63, 3.8) is 0 Å². The molecule has 1 fully saturated rings. The van der Waals surface area contributed by atoms with Crippen LogP contribution < -0.4 is 11.1 Å². The second-order valence-electron chi connectivity index (χ2n) is 4.64. The van der Waals surface area contributed by atoms with Crippen LogP contribution in [0.25, 0.3) is 0 Å². The van der Waals surface area contributed by atoms with Gasteiger partial charge >= 0.3 is 0 Å². The van der Waals surface area contributed by atoms with E-state index in [9.17, 15) is 4.79 Å². The van der Waals surface area contributed by atoms with Crippen molar-refractivity contribution in [2.75, 3.05) is 12.3 Å². The molecule has 17 heavy (non-hydrogen) atoms. The molecule has 0 aromatic carbocycles. The maximum atomic E-state index is 11.8. The van der Waals surface area contributed by atoms with Crippen LogP contribution in [0.4, 0.5) is 5.69 Å². The van der Waals surface area contributed by atoms with E-state index in [1.54, 1.807) is 18.3 Å². The number of nitrogens with zero attached hydrogens (tertiary/aromatic N) is 1. The van der Waals surface area contributed by atoms with E-state index in [-0.39, 0.29) is 5.91 Å². The van der Waals surface area contributed by atoms with Gasteiger partial charge in [-0.25, -0.2) is 4.98 Å². The Morgan fingerprint density at radius 2 is 2.24 bits per heavy atom. The minimum Gasteiger partial charge on any atom is -0.397 e. The van der Waals surface area contributed by atoms with Crippen LogP contribution in [0.3, 0.4) is 0 Å². The topological polar surface area (TPSA) is 68.0 Å². The average molecular weight is 233 g/mol. The largest absolute Gasteiger partial charge is 0.397 e. The zero-order valence-corrected chi connectivity index (χ0v) is 9.98. The van der Waals surface area contributed by atoms with Crippen molar-refractivity contribution >= 4 is 11.6 Å². The molecule has 1 amide bonds. The molecule has 92 valence electrons. The Morgan fingerprint density at radius 1 is 1.47 bits per heavy atom. The smallest absolute Gasteiger partial charge is 0.272 e. The quantitative estimate of drug-likeness (QED) is 0.835. The third-order valence-corrected chi connectivity index (χ3v) is 3.37. The number of carbonyl (C=O) groups is 1. The van der Waals surface area contributed by atoms with Crippen molar-refractivity contribution in [1.82, 2.24) is 10.3 Å². The van der Waals surface area contributed by atoms with Gasteiger partial charge in [-0.05, 0) is 24.5 Å². The molecule has 0 bridgehead atoms. The van der Waals surface area contributed by atoms with Crippen molar-refractivity contribution in [3.05, 3.63) is 24.0 Å². The van der Waals surface area contributed by atoms with Crippen LogP contribution in [-0.4, -0.2) is 17.4 Å². The molecule has 0 aliphatic heterocycles. The van der Waals surface area contributed by atoms with Crippen LogP contribution in [0.1, 0.15) is 42.6 Å². The molecule has 4 heteroatoms. The van der Waals surface area contributed by atoms with Crippen LogP contribution in [0.5, 0.6) is 0 Å². The molecular weight excluding hydrogens is 214 g/mol. The summed E-state index contributed by atoms with van der Waals surface area (Å²) in [4.78, 5) is 15.8. The summed E-state index contributed by atoms with van der Waals surface area (Å²) >= 11 is 0. The molecule has 1 aromatic heterocycles. The maximum Gasteiger partial charge on any atom is 0.272 e. The fourth-order valence-electron chi connectivity index (χ4n) is 2.38. The molecule has 2 rings (SSSR count). The van der Waals surface area contributed by atoms with Crippen molar-refractivity contribution in [1.29, 1.82) is 0 Å². The van der Waals surface area contributed by atoms with Gasteiger partial charge in [0.15, 0.2) is 5.69 Å². The van der Waals surface area contributed by atoms with Gasteiger partial charge in [0.2, 0.25) is 0 Å². The molecule has 0 radical (unpaired) electrons. The highest BCUT2D eigenvalue weighted by atomic mass is 16.1. The molecule has 0 atom stereocenters. The number of amides is 1. The van der Waals surface area contributed by atoms with Crippen LogP contribution >= 0.6 is 0 Å². The van der Waals surface area contributed by atoms with Gasteiger partial charge in [0.05, 0.1) is 5.69 Å². The number of nitrogen functional groups attached to an aromatic ring is 1. The maximum absolute atomic E-state index is 11.8. The van der Waals surface area contributed by atoms with E-state index in [4.69, 9.17) is 5.73 Å². The molecule has 1 aliphatic rings.